The zero-order valence-electron chi connectivity index (χ0n) is 16.3. The van der Waals surface area contributed by atoms with Crippen LogP contribution in [0.2, 0.25) is 0 Å². The number of benzene rings is 2. The molecule has 0 saturated heterocycles. The van der Waals surface area contributed by atoms with Gasteiger partial charge in [-0.3, -0.25) is 9.59 Å². The molecular formula is C22H26O4. The number of carbonyl (C=O) groups is 2. The van der Waals surface area contributed by atoms with Gasteiger partial charge in [-0.1, -0.05) is 59.7 Å². The zero-order chi connectivity index (χ0) is 19.5. The van der Waals surface area contributed by atoms with Crippen molar-refractivity contribution in [1.82, 2.24) is 0 Å². The third kappa shape index (κ3) is 3.79. The quantitative estimate of drug-likeness (QED) is 0.739. The van der Waals surface area contributed by atoms with E-state index in [2.05, 4.69) is 0 Å². The van der Waals surface area contributed by atoms with Gasteiger partial charge >= 0.3 is 11.9 Å². The number of ether oxygens (including phenoxy) is 2. The Morgan fingerprint density at radius 3 is 1.35 bits per heavy atom. The first-order chi connectivity index (χ1) is 12.1. The van der Waals surface area contributed by atoms with Gasteiger partial charge in [0.15, 0.2) is 11.2 Å². The van der Waals surface area contributed by atoms with Crippen LogP contribution in [0.15, 0.2) is 48.5 Å². The highest BCUT2D eigenvalue weighted by atomic mass is 16.6. The Morgan fingerprint density at radius 1 is 0.731 bits per heavy atom. The second-order valence-corrected chi connectivity index (χ2v) is 6.99. The molecule has 0 aliphatic heterocycles. The second kappa shape index (κ2) is 7.32. The summed E-state index contributed by atoms with van der Waals surface area (Å²) in [6.45, 7) is 10.2. The largest absolute Gasteiger partial charge is 0.450 e. The van der Waals surface area contributed by atoms with E-state index in [1.165, 1.54) is 13.8 Å². The minimum Gasteiger partial charge on any atom is -0.450 e. The Bertz CT molecular complexity index is 757. The number of hydrogen-bond donors (Lipinski definition) is 0. The third-order valence-electron chi connectivity index (χ3n) is 4.74. The van der Waals surface area contributed by atoms with Crippen LogP contribution in [0.4, 0.5) is 0 Å². The van der Waals surface area contributed by atoms with Crippen LogP contribution >= 0.6 is 0 Å². The van der Waals surface area contributed by atoms with Crippen LogP contribution in [0.25, 0.3) is 0 Å². The predicted octanol–water partition coefficient (Wildman–Crippen LogP) is 4.56. The van der Waals surface area contributed by atoms with Gasteiger partial charge in [0.05, 0.1) is 0 Å². The molecule has 0 heterocycles. The second-order valence-electron chi connectivity index (χ2n) is 6.99. The lowest BCUT2D eigenvalue weighted by atomic mass is 9.74. The number of aryl methyl sites for hydroxylation is 2. The van der Waals surface area contributed by atoms with E-state index in [0.29, 0.717) is 0 Å². The van der Waals surface area contributed by atoms with E-state index in [1.54, 1.807) is 13.8 Å². The Morgan fingerprint density at radius 2 is 1.08 bits per heavy atom. The van der Waals surface area contributed by atoms with Crippen LogP contribution < -0.4 is 0 Å². The molecule has 2 atom stereocenters. The summed E-state index contributed by atoms with van der Waals surface area (Å²) in [5.74, 6) is -0.889. The van der Waals surface area contributed by atoms with Crippen molar-refractivity contribution in [2.75, 3.05) is 0 Å². The number of rotatable bonds is 5. The van der Waals surface area contributed by atoms with Gasteiger partial charge in [-0.05, 0) is 38.8 Å². The summed E-state index contributed by atoms with van der Waals surface area (Å²) in [7, 11) is 0. The average Bonchev–Trinajstić information content (AvgIpc) is 2.53. The van der Waals surface area contributed by atoms with E-state index in [-0.39, 0.29) is 0 Å². The summed E-state index contributed by atoms with van der Waals surface area (Å²) >= 11 is 0. The van der Waals surface area contributed by atoms with Crippen molar-refractivity contribution in [2.24, 2.45) is 0 Å². The molecule has 2 unspecified atom stereocenters. The first-order valence-corrected chi connectivity index (χ1v) is 8.62. The monoisotopic (exact) mass is 354 g/mol. The maximum atomic E-state index is 12.0. The SMILES string of the molecule is CC(=O)OC(C)(c1cccc(C)c1)C(C)(OC(C)=O)c1cccc(C)c1. The fourth-order valence-electron chi connectivity index (χ4n) is 3.32. The van der Waals surface area contributed by atoms with Gasteiger partial charge in [-0.25, -0.2) is 0 Å². The van der Waals surface area contributed by atoms with Gasteiger partial charge in [-0.15, -0.1) is 0 Å². The highest BCUT2D eigenvalue weighted by Crippen LogP contribution is 2.46. The maximum absolute atomic E-state index is 12.0. The summed E-state index contributed by atoms with van der Waals surface area (Å²) in [6.07, 6.45) is 0. The minimum atomic E-state index is -1.20. The number of carbonyl (C=O) groups excluding carboxylic acids is 2. The van der Waals surface area contributed by atoms with Crippen LogP contribution in [0.1, 0.15) is 49.9 Å². The summed E-state index contributed by atoms with van der Waals surface area (Å²) in [6, 6.07) is 15.4. The van der Waals surface area contributed by atoms with Gasteiger partial charge in [0.1, 0.15) is 0 Å². The highest BCUT2D eigenvalue weighted by molar-refractivity contribution is 5.69. The molecule has 0 bridgehead atoms. The Balaban J connectivity index is 2.77. The molecule has 0 aliphatic rings. The molecule has 2 rings (SSSR count). The maximum Gasteiger partial charge on any atom is 0.303 e. The zero-order valence-corrected chi connectivity index (χ0v) is 16.3. The molecule has 2 aromatic carbocycles. The first kappa shape index (κ1) is 19.7. The molecule has 0 aliphatic carbocycles. The number of esters is 2. The van der Waals surface area contributed by atoms with E-state index in [9.17, 15) is 9.59 Å². The molecule has 4 nitrogen and oxygen atoms in total. The molecule has 138 valence electrons. The summed E-state index contributed by atoms with van der Waals surface area (Å²) < 4.78 is 11.6. The lowest BCUT2D eigenvalue weighted by Gasteiger charge is -2.45. The molecule has 0 spiro atoms. The molecule has 0 radical (unpaired) electrons. The van der Waals surface area contributed by atoms with E-state index in [4.69, 9.17) is 9.47 Å². The van der Waals surface area contributed by atoms with Gasteiger partial charge in [0, 0.05) is 13.8 Å². The fourth-order valence-corrected chi connectivity index (χ4v) is 3.32. The van der Waals surface area contributed by atoms with Crippen molar-refractivity contribution in [3.8, 4) is 0 Å². The predicted molar refractivity (Wildman–Crippen MR) is 101 cm³/mol. The highest BCUT2D eigenvalue weighted by Gasteiger charge is 2.53. The summed E-state index contributed by atoms with van der Waals surface area (Å²) in [5, 5.41) is 0. The average molecular weight is 354 g/mol. The van der Waals surface area contributed by atoms with Crippen molar-refractivity contribution in [1.29, 1.82) is 0 Å². The fraction of sp³-hybridized carbons (Fsp3) is 0.364. The van der Waals surface area contributed by atoms with Gasteiger partial charge < -0.3 is 9.47 Å². The molecule has 2 aromatic rings. The topological polar surface area (TPSA) is 52.6 Å². The van der Waals surface area contributed by atoms with Crippen LogP contribution in [0.3, 0.4) is 0 Å². The minimum absolute atomic E-state index is 0.444. The molecule has 26 heavy (non-hydrogen) atoms. The van der Waals surface area contributed by atoms with Crippen LogP contribution in [-0.2, 0) is 30.3 Å². The van der Waals surface area contributed by atoms with Crippen LogP contribution in [0, 0.1) is 13.8 Å². The van der Waals surface area contributed by atoms with Gasteiger partial charge in [-0.2, -0.15) is 0 Å². The Kier molecular flexibility index (Phi) is 5.55. The van der Waals surface area contributed by atoms with E-state index in [1.807, 2.05) is 62.4 Å². The first-order valence-electron chi connectivity index (χ1n) is 8.62. The molecule has 0 saturated carbocycles. The Labute approximate surface area is 155 Å². The summed E-state index contributed by atoms with van der Waals surface area (Å²) in [5.41, 5.74) is 1.16. The Hall–Kier alpha value is -2.62. The van der Waals surface area contributed by atoms with Gasteiger partial charge in [0.25, 0.3) is 0 Å². The molecule has 0 aromatic heterocycles. The normalized spacial score (nSPS) is 15.5. The summed E-state index contributed by atoms with van der Waals surface area (Å²) in [4.78, 5) is 24.0. The smallest absolute Gasteiger partial charge is 0.303 e. The van der Waals surface area contributed by atoms with Crippen molar-refractivity contribution >= 4 is 11.9 Å². The van der Waals surface area contributed by atoms with Crippen molar-refractivity contribution in [3.63, 3.8) is 0 Å². The van der Waals surface area contributed by atoms with Gasteiger partial charge in [0.2, 0.25) is 0 Å². The van der Waals surface area contributed by atoms with Crippen molar-refractivity contribution < 1.29 is 19.1 Å². The standard InChI is InChI=1S/C22H26O4/c1-15-9-7-11-19(13-15)21(5,25-17(3)23)22(6,26-18(4)24)20-12-8-10-16(2)14-20/h7-14H,1-6H3. The molecule has 0 fully saturated rings. The van der Waals surface area contributed by atoms with Crippen LogP contribution in [0.5, 0.6) is 0 Å². The molecule has 4 heteroatoms. The molecular weight excluding hydrogens is 328 g/mol. The van der Waals surface area contributed by atoms with E-state index in [0.717, 1.165) is 22.3 Å². The molecule has 0 amide bonds. The van der Waals surface area contributed by atoms with Crippen LogP contribution in [-0.4, -0.2) is 11.9 Å². The van der Waals surface area contributed by atoms with Crippen molar-refractivity contribution in [2.45, 2.75) is 52.7 Å². The number of hydrogen-bond acceptors (Lipinski definition) is 4. The lowest BCUT2D eigenvalue weighted by molar-refractivity contribution is -0.211. The lowest BCUT2D eigenvalue weighted by Crippen LogP contribution is -2.50. The van der Waals surface area contributed by atoms with Crippen molar-refractivity contribution in [3.05, 3.63) is 70.8 Å². The van der Waals surface area contributed by atoms with E-state index >= 15 is 0 Å². The van der Waals surface area contributed by atoms with E-state index < -0.39 is 23.1 Å². The molecule has 0 N–H and O–H groups in total. The third-order valence-corrected chi connectivity index (χ3v) is 4.74.